The van der Waals surface area contributed by atoms with Crippen molar-refractivity contribution in [1.82, 2.24) is 29.9 Å². The van der Waals surface area contributed by atoms with Crippen LogP contribution in [-0.4, -0.2) is 45.1 Å². The molecule has 7 rings (SSSR count). The first-order valence-corrected chi connectivity index (χ1v) is 18.5. The summed E-state index contributed by atoms with van der Waals surface area (Å²) < 4.78 is 130. The Morgan fingerprint density at radius 3 is 2.34 bits per heavy atom. The van der Waals surface area contributed by atoms with E-state index >= 15 is 8.78 Å². The third-order valence-corrected chi connectivity index (χ3v) is 10.5. The minimum atomic E-state index is -5.07. The van der Waals surface area contributed by atoms with Gasteiger partial charge in [0, 0.05) is 35.7 Å². The number of anilines is 1. The summed E-state index contributed by atoms with van der Waals surface area (Å²) in [5.74, 6) is -9.16. The molecule has 0 radical (unpaired) electrons. The van der Waals surface area contributed by atoms with Gasteiger partial charge in [-0.3, -0.25) is 18.9 Å². The second kappa shape index (κ2) is 12.9. The van der Waals surface area contributed by atoms with Crippen molar-refractivity contribution in [2.45, 2.75) is 49.9 Å². The smallest absolute Gasteiger partial charge is 0.346 e. The van der Waals surface area contributed by atoms with Gasteiger partial charge in [-0.2, -0.15) is 32.1 Å². The minimum Gasteiger partial charge on any atom is -0.346 e. The van der Waals surface area contributed by atoms with Gasteiger partial charge in [0.15, 0.2) is 11.5 Å². The lowest BCUT2D eigenvalue weighted by molar-refractivity contribution is -0.144. The van der Waals surface area contributed by atoms with Gasteiger partial charge >= 0.3 is 6.18 Å². The molecule has 1 fully saturated rings. The Morgan fingerprint density at radius 1 is 1.04 bits per heavy atom. The molecule has 10 nitrogen and oxygen atoms in total. The molecule has 20 heteroatoms. The number of halogens is 9. The monoisotopic (exact) mass is 803 g/mol. The van der Waals surface area contributed by atoms with Crippen LogP contribution in [0.2, 0.25) is 10.2 Å². The molecular formula is C33H26Cl2F7N7O3S. The molecule has 0 aliphatic heterocycles. The number of sulfonamides is 1. The van der Waals surface area contributed by atoms with E-state index < -0.39 is 81.0 Å². The molecule has 3 aromatic heterocycles. The number of rotatable bonds is 9. The standard InChI is InChI=1S/C33H26Cl2F7N7O3S/c1-48-28-18(4-7-21(34)26(28)31(46-48)47-53(2,51)52)17-5-8-23(35)44-27(17)22(11-14-9-15(36)12-16(37)10-14)43-24(50)13-49-30-25(29(45-49)33(40,41)42)19-3-6-20(19)32(30,38)39/h4-5,7-10,12,19-20,22H,3,6,11,13H2,1-2H3,(H,43,50)(H,46,47). The Balaban J connectivity index is 1.34. The molecule has 2 aliphatic carbocycles. The van der Waals surface area contributed by atoms with Gasteiger partial charge in [-0.15, -0.1) is 0 Å². The Kier molecular flexibility index (Phi) is 8.96. The molecule has 0 saturated heterocycles. The van der Waals surface area contributed by atoms with Crippen molar-refractivity contribution in [2.24, 2.45) is 13.0 Å². The predicted octanol–water partition coefficient (Wildman–Crippen LogP) is 7.51. The molecule has 1 saturated carbocycles. The Labute approximate surface area is 306 Å². The number of benzene rings is 2. The second-order valence-electron chi connectivity index (χ2n) is 13.0. The number of aryl methyl sites for hydroxylation is 1. The maximum absolute atomic E-state index is 15.5. The van der Waals surface area contributed by atoms with Crippen molar-refractivity contribution in [3.63, 3.8) is 0 Å². The Morgan fingerprint density at radius 2 is 1.72 bits per heavy atom. The highest BCUT2D eigenvalue weighted by atomic mass is 35.5. The van der Waals surface area contributed by atoms with E-state index in [-0.39, 0.29) is 57.5 Å². The lowest BCUT2D eigenvalue weighted by Crippen LogP contribution is -2.36. The van der Waals surface area contributed by atoms with Crippen LogP contribution in [0.3, 0.4) is 0 Å². The van der Waals surface area contributed by atoms with E-state index in [9.17, 15) is 35.2 Å². The third kappa shape index (κ3) is 6.69. The zero-order valence-electron chi connectivity index (χ0n) is 27.4. The maximum Gasteiger partial charge on any atom is 0.435 e. The van der Waals surface area contributed by atoms with Gasteiger partial charge in [-0.05, 0) is 61.1 Å². The lowest BCUT2D eigenvalue weighted by Gasteiger charge is -2.34. The van der Waals surface area contributed by atoms with Gasteiger partial charge in [-0.25, -0.2) is 22.2 Å². The fraction of sp³-hybridized carbons (Fsp3) is 0.333. The molecule has 1 amide bonds. The SMILES string of the molecule is Cn1nc(NS(C)(=O)=O)c2c(Cl)ccc(-c3ccc(Cl)nc3C(Cc3cc(F)cc(F)c3)NC(=O)Cn3nc(C(F)(F)F)c4c3C(F)(F)C3CCC43)c21. The first kappa shape index (κ1) is 36.9. The van der Waals surface area contributed by atoms with E-state index in [4.69, 9.17) is 23.2 Å². The number of carbonyl (C=O) groups is 1. The van der Waals surface area contributed by atoms with E-state index in [1.54, 1.807) is 6.07 Å². The normalized spacial score (nSPS) is 18.4. The topological polar surface area (TPSA) is 124 Å². The molecule has 2 N–H and O–H groups in total. The minimum absolute atomic E-state index is 0.00572. The number of hydrogen-bond donors (Lipinski definition) is 2. The van der Waals surface area contributed by atoms with Crippen molar-refractivity contribution < 1.29 is 43.9 Å². The predicted molar refractivity (Wildman–Crippen MR) is 180 cm³/mol. The number of alkyl halides is 5. The van der Waals surface area contributed by atoms with Crippen LogP contribution in [0.1, 0.15) is 53.0 Å². The third-order valence-electron chi connectivity index (χ3n) is 9.41. The average Bonchev–Trinajstić information content (AvgIpc) is 3.57. The number of pyridine rings is 1. The number of nitrogens with zero attached hydrogens (tertiary/aromatic N) is 5. The van der Waals surface area contributed by atoms with Crippen LogP contribution in [0.4, 0.5) is 36.6 Å². The van der Waals surface area contributed by atoms with Gasteiger partial charge in [0.25, 0.3) is 5.92 Å². The summed E-state index contributed by atoms with van der Waals surface area (Å²) in [7, 11) is -2.31. The molecule has 0 bridgehead atoms. The van der Waals surface area contributed by atoms with Crippen LogP contribution >= 0.6 is 23.2 Å². The molecule has 3 heterocycles. The summed E-state index contributed by atoms with van der Waals surface area (Å²) in [4.78, 5) is 18.2. The summed E-state index contributed by atoms with van der Waals surface area (Å²) in [6, 6.07) is 7.16. The zero-order valence-corrected chi connectivity index (χ0v) is 29.7. The fourth-order valence-electron chi connectivity index (χ4n) is 7.30. The van der Waals surface area contributed by atoms with Crippen LogP contribution in [0.25, 0.3) is 22.0 Å². The highest BCUT2D eigenvalue weighted by molar-refractivity contribution is 7.92. The Bertz CT molecular complexity index is 2420. The van der Waals surface area contributed by atoms with Gasteiger partial charge in [0.05, 0.1) is 33.9 Å². The van der Waals surface area contributed by atoms with Gasteiger partial charge in [-0.1, -0.05) is 29.3 Å². The molecule has 0 spiro atoms. The fourth-order valence-corrected chi connectivity index (χ4v) is 8.19. The van der Waals surface area contributed by atoms with Gasteiger partial charge in [0.2, 0.25) is 15.9 Å². The van der Waals surface area contributed by atoms with Crippen molar-refractivity contribution in [3.05, 3.63) is 92.5 Å². The Hall–Kier alpha value is -4.42. The molecule has 53 heavy (non-hydrogen) atoms. The molecule has 2 aliphatic rings. The van der Waals surface area contributed by atoms with Gasteiger partial charge in [0.1, 0.15) is 29.0 Å². The summed E-state index contributed by atoms with van der Waals surface area (Å²) in [5, 5.41) is 10.5. The van der Waals surface area contributed by atoms with E-state index in [2.05, 4.69) is 25.2 Å². The highest BCUT2D eigenvalue weighted by Gasteiger charge is 2.63. The number of carbonyl (C=O) groups excluding carboxylic acids is 1. The van der Waals surface area contributed by atoms with Crippen molar-refractivity contribution in [2.75, 3.05) is 11.0 Å². The van der Waals surface area contributed by atoms with E-state index in [0.717, 1.165) is 18.4 Å². The van der Waals surface area contributed by atoms with Crippen LogP contribution in [0, 0.1) is 17.6 Å². The maximum atomic E-state index is 15.5. The van der Waals surface area contributed by atoms with Gasteiger partial charge < -0.3 is 5.32 Å². The number of hydrogen-bond acceptors (Lipinski definition) is 6. The number of amides is 1. The lowest BCUT2D eigenvalue weighted by atomic mass is 9.73. The van der Waals surface area contributed by atoms with E-state index in [0.29, 0.717) is 21.8 Å². The van der Waals surface area contributed by atoms with Crippen molar-refractivity contribution in [3.8, 4) is 11.1 Å². The molecule has 280 valence electrons. The first-order valence-electron chi connectivity index (χ1n) is 15.8. The number of aromatic nitrogens is 5. The zero-order chi connectivity index (χ0) is 38.4. The second-order valence-corrected chi connectivity index (χ2v) is 15.6. The van der Waals surface area contributed by atoms with Crippen molar-refractivity contribution in [1.29, 1.82) is 0 Å². The van der Waals surface area contributed by atoms with Crippen LogP contribution < -0.4 is 10.0 Å². The summed E-state index contributed by atoms with van der Waals surface area (Å²) >= 11 is 12.8. The van der Waals surface area contributed by atoms with E-state index in [1.165, 1.54) is 29.9 Å². The van der Waals surface area contributed by atoms with Crippen molar-refractivity contribution >= 4 is 55.9 Å². The summed E-state index contributed by atoms with van der Waals surface area (Å²) in [6.45, 7) is -1.06. The van der Waals surface area contributed by atoms with Crippen LogP contribution in [0.5, 0.6) is 0 Å². The molecule has 2 aromatic carbocycles. The number of nitrogens with one attached hydrogen (secondary N) is 2. The molecule has 3 unspecified atom stereocenters. The van der Waals surface area contributed by atoms with Crippen LogP contribution in [0.15, 0.2) is 42.5 Å². The average molecular weight is 805 g/mol. The summed E-state index contributed by atoms with van der Waals surface area (Å²) in [6.07, 6.45) is -4.39. The molecule has 3 atom stereocenters. The van der Waals surface area contributed by atoms with Crippen LogP contribution in [-0.2, 0) is 46.9 Å². The first-order chi connectivity index (χ1) is 24.7. The highest BCUT2D eigenvalue weighted by Crippen LogP contribution is 2.64. The summed E-state index contributed by atoms with van der Waals surface area (Å²) in [5.41, 5.74) is -2.20. The molecule has 5 aromatic rings. The number of fused-ring (bicyclic) bond motifs is 4. The van der Waals surface area contributed by atoms with E-state index in [1.807, 2.05) is 0 Å². The quantitative estimate of drug-likeness (QED) is 0.118. The molecular weight excluding hydrogens is 778 g/mol. The largest absolute Gasteiger partial charge is 0.435 e.